The molecule has 2 bridgehead atoms. The average molecular weight is 881 g/mol. The molecule has 0 aromatic heterocycles. The number of benzene rings is 1. The Hall–Kier alpha value is -2.27. The van der Waals surface area contributed by atoms with E-state index in [1.165, 1.54) is 39.0 Å². The number of esters is 2. The summed E-state index contributed by atoms with van der Waals surface area (Å²) in [4.78, 5) is 68.8. The molecule has 54 heavy (non-hydrogen) atoms. The average Bonchev–Trinajstić information content (AvgIpc) is 3.05. The largest absolute Gasteiger partial charge is 0.509 e. The fourth-order valence-corrected chi connectivity index (χ4v) is 8.36. The van der Waals surface area contributed by atoms with E-state index in [0.29, 0.717) is 0 Å². The lowest BCUT2D eigenvalue weighted by atomic mass is 9.45. The minimum Gasteiger partial charge on any atom is -0.455 e. The van der Waals surface area contributed by atoms with Crippen molar-refractivity contribution in [1.29, 1.82) is 0 Å². The van der Waals surface area contributed by atoms with E-state index in [1.54, 1.807) is 18.2 Å². The second-order valence-corrected chi connectivity index (χ2v) is 19.3. The molecule has 2 N–H and O–H groups in total. The van der Waals surface area contributed by atoms with Gasteiger partial charge in [-0.05, 0) is 24.6 Å². The number of ketones is 1. The van der Waals surface area contributed by atoms with Crippen LogP contribution in [0.5, 0.6) is 0 Å². The van der Waals surface area contributed by atoms with Gasteiger partial charge < -0.3 is 43.4 Å². The molecule has 298 valence electrons. The van der Waals surface area contributed by atoms with Crippen molar-refractivity contribution < 1.29 is 67.3 Å². The first-order valence-electron chi connectivity index (χ1n) is 16.4. The van der Waals surface area contributed by atoms with E-state index in [-0.39, 0.29) is 24.2 Å². The number of rotatable bonds is 7. The van der Waals surface area contributed by atoms with Crippen LogP contribution in [0.2, 0.25) is 0 Å². The molecule has 5 rings (SSSR count). The summed E-state index contributed by atoms with van der Waals surface area (Å²) in [5, 5.41) is 24.4. The highest BCUT2D eigenvalue weighted by molar-refractivity contribution is 6.68. The van der Waals surface area contributed by atoms with E-state index < -0.39 is 116 Å². The molecule has 0 unspecified atom stereocenters. The molecular weight excluding hydrogens is 845 g/mol. The number of ether oxygens (including phenoxy) is 7. The van der Waals surface area contributed by atoms with Gasteiger partial charge in [0.2, 0.25) is 7.59 Å². The standard InChI is InChI=1S/C34H36Cl6O14/c1-16(41)54-31-13-48-21(31)11-20(51-27(45)49-14-33(35,36)37)30(4)23(31)25(53-26(44)17-8-6-5-7-9-17)32(47)12-18(42)10-19(29(32,2)3)22(24(30)43)52-28(46)50-15-34(38,39)40/h5-10,18,20-23,25,42,47H,11-15H2,1-4H3/t18-,20+,21-,22-,23+,25+,30-,31+,32-/m1/s1. The molecule has 20 heteroatoms. The van der Waals surface area contributed by atoms with Crippen molar-refractivity contribution in [3.8, 4) is 0 Å². The van der Waals surface area contributed by atoms with Crippen molar-refractivity contribution >= 4 is 99.6 Å². The Balaban J connectivity index is 1.77. The summed E-state index contributed by atoms with van der Waals surface area (Å²) in [5.41, 5.74) is -8.24. The SMILES string of the molecule is CC(=O)O[C@@]12CO[C@@H]1C[C@H](OC(=O)OCC(Cl)(Cl)Cl)[C@@]1(C)C(=O)[C@H](OC(=O)OCC(Cl)(Cl)Cl)C3=C[C@@H](O)C[C@@](O)([C@@H](OC(=O)c4ccccc4)[C@H]21)C3(C)C. The first-order valence-corrected chi connectivity index (χ1v) is 18.7. The monoisotopic (exact) mass is 878 g/mol. The molecule has 1 aromatic rings. The van der Waals surface area contributed by atoms with Crippen molar-refractivity contribution in [1.82, 2.24) is 0 Å². The summed E-state index contributed by atoms with van der Waals surface area (Å²) in [5.74, 6) is -4.49. The van der Waals surface area contributed by atoms with Crippen LogP contribution in [0.3, 0.4) is 0 Å². The molecule has 0 amide bonds. The minimum absolute atomic E-state index is 0.0425. The Morgan fingerprint density at radius 2 is 1.48 bits per heavy atom. The molecule has 4 aliphatic rings. The van der Waals surface area contributed by atoms with Crippen LogP contribution in [0.25, 0.3) is 0 Å². The van der Waals surface area contributed by atoms with Gasteiger partial charge in [-0.1, -0.05) is 108 Å². The number of fused-ring (bicyclic) bond motifs is 5. The van der Waals surface area contributed by atoms with Gasteiger partial charge in [0.15, 0.2) is 17.5 Å². The third-order valence-electron chi connectivity index (χ3n) is 10.6. The molecule has 1 saturated heterocycles. The van der Waals surface area contributed by atoms with Crippen molar-refractivity contribution in [3.05, 3.63) is 47.5 Å². The molecule has 14 nitrogen and oxygen atoms in total. The number of carbonyl (C=O) groups excluding carboxylic acids is 5. The second-order valence-electron chi connectivity index (χ2n) is 14.3. The molecule has 1 aliphatic heterocycles. The molecular formula is C34H36Cl6O14. The molecule has 1 aromatic carbocycles. The van der Waals surface area contributed by atoms with E-state index in [1.807, 2.05) is 0 Å². The summed E-state index contributed by atoms with van der Waals surface area (Å²) >= 11 is 34.6. The molecule has 3 fully saturated rings. The summed E-state index contributed by atoms with van der Waals surface area (Å²) in [6.07, 6.45) is -10.7. The van der Waals surface area contributed by atoms with Crippen LogP contribution in [0.1, 0.15) is 50.9 Å². The van der Waals surface area contributed by atoms with E-state index in [4.69, 9.17) is 103 Å². The maximum Gasteiger partial charge on any atom is 0.509 e. The summed E-state index contributed by atoms with van der Waals surface area (Å²) in [7, 11) is 0. The molecule has 0 spiro atoms. The van der Waals surface area contributed by atoms with Crippen LogP contribution in [0.4, 0.5) is 9.59 Å². The lowest BCUT2D eigenvalue weighted by molar-refractivity contribution is -0.345. The zero-order valence-corrected chi connectivity index (χ0v) is 33.6. The number of aliphatic hydroxyl groups is 2. The maximum absolute atomic E-state index is 15.5. The van der Waals surface area contributed by atoms with E-state index in [0.717, 1.165) is 6.92 Å². The Morgan fingerprint density at radius 1 is 0.907 bits per heavy atom. The highest BCUT2D eigenvalue weighted by atomic mass is 35.6. The molecule has 2 saturated carbocycles. The highest BCUT2D eigenvalue weighted by Gasteiger charge is 2.79. The van der Waals surface area contributed by atoms with Crippen LogP contribution in [-0.4, -0.2) is 109 Å². The number of carbonyl (C=O) groups is 5. The smallest absolute Gasteiger partial charge is 0.455 e. The molecule has 1 heterocycles. The predicted octanol–water partition coefficient (Wildman–Crippen LogP) is 5.75. The molecule has 9 atom stereocenters. The van der Waals surface area contributed by atoms with E-state index in [2.05, 4.69) is 0 Å². The van der Waals surface area contributed by atoms with E-state index in [9.17, 15) is 29.4 Å². The quantitative estimate of drug-likeness (QED) is 0.146. The van der Waals surface area contributed by atoms with Gasteiger partial charge in [-0.25, -0.2) is 14.4 Å². The van der Waals surface area contributed by atoms with Crippen LogP contribution in [-0.2, 0) is 42.7 Å². The predicted molar refractivity (Wildman–Crippen MR) is 192 cm³/mol. The zero-order valence-electron chi connectivity index (χ0n) is 29.0. The number of Topliss-reactive ketones (excluding diaryl/α,β-unsaturated/α-hetero) is 1. The van der Waals surface area contributed by atoms with Crippen LogP contribution in [0.15, 0.2) is 42.0 Å². The molecule has 0 radical (unpaired) electrons. The number of alkyl halides is 6. The number of hydrogen-bond donors (Lipinski definition) is 2. The van der Waals surface area contributed by atoms with Gasteiger partial charge in [-0.3, -0.25) is 9.59 Å². The first kappa shape index (κ1) is 42.9. The second kappa shape index (κ2) is 15.2. The van der Waals surface area contributed by atoms with Gasteiger partial charge in [0.1, 0.15) is 37.1 Å². The molecule has 3 aliphatic carbocycles. The summed E-state index contributed by atoms with van der Waals surface area (Å²) < 4.78 is 35.4. The third kappa shape index (κ3) is 8.10. The van der Waals surface area contributed by atoms with Gasteiger partial charge in [0.05, 0.1) is 29.6 Å². The Bertz CT molecular complexity index is 1700. The van der Waals surface area contributed by atoms with Crippen LogP contribution < -0.4 is 0 Å². The fraction of sp³-hybridized carbons (Fsp3) is 0.618. The Kier molecular flexibility index (Phi) is 12.1. The third-order valence-corrected chi connectivity index (χ3v) is 11.2. The lowest BCUT2D eigenvalue weighted by Crippen LogP contribution is -2.82. The zero-order chi connectivity index (χ0) is 40.2. The lowest BCUT2D eigenvalue weighted by Gasteiger charge is -2.67. The van der Waals surface area contributed by atoms with Crippen molar-refractivity contribution in [2.75, 3.05) is 19.8 Å². The number of halogens is 6. The van der Waals surface area contributed by atoms with E-state index >= 15 is 4.79 Å². The van der Waals surface area contributed by atoms with Gasteiger partial charge in [-0.2, -0.15) is 0 Å². The normalized spacial score (nSPS) is 34.2. The number of hydrogen-bond acceptors (Lipinski definition) is 14. The Morgan fingerprint density at radius 3 is 2.00 bits per heavy atom. The number of aliphatic hydroxyl groups excluding tert-OH is 1. The van der Waals surface area contributed by atoms with Crippen molar-refractivity contribution in [2.45, 2.75) is 89.8 Å². The summed E-state index contributed by atoms with van der Waals surface area (Å²) in [6.45, 7) is 3.39. The fourth-order valence-electron chi connectivity index (χ4n) is 8.04. The van der Waals surface area contributed by atoms with Crippen molar-refractivity contribution in [3.63, 3.8) is 0 Å². The van der Waals surface area contributed by atoms with Gasteiger partial charge in [-0.15, -0.1) is 0 Å². The summed E-state index contributed by atoms with van der Waals surface area (Å²) in [6, 6.07) is 7.69. The van der Waals surface area contributed by atoms with Crippen LogP contribution in [0, 0.1) is 16.7 Å². The van der Waals surface area contributed by atoms with Gasteiger partial charge in [0, 0.05) is 25.2 Å². The van der Waals surface area contributed by atoms with Gasteiger partial charge in [0.25, 0.3) is 0 Å². The van der Waals surface area contributed by atoms with Crippen LogP contribution >= 0.6 is 69.6 Å². The maximum atomic E-state index is 15.5. The minimum atomic E-state index is -2.36. The topological polar surface area (TPSA) is 190 Å². The first-order chi connectivity index (χ1) is 24.9. The van der Waals surface area contributed by atoms with Gasteiger partial charge >= 0.3 is 24.2 Å². The highest BCUT2D eigenvalue weighted by Crippen LogP contribution is 2.64. The van der Waals surface area contributed by atoms with Crippen molar-refractivity contribution in [2.24, 2.45) is 16.7 Å². The Labute approximate surface area is 339 Å².